The van der Waals surface area contributed by atoms with Crippen molar-refractivity contribution in [2.24, 2.45) is 0 Å². The number of halogens is 2. The first-order valence-electron chi connectivity index (χ1n) is 3.47. The minimum Gasteiger partial charge on any atom is -0.255 e. The maximum absolute atomic E-state index is 4.33. The molecule has 0 bridgehead atoms. The molecule has 1 aromatic heterocycles. The van der Waals surface area contributed by atoms with Crippen LogP contribution in [-0.4, -0.2) is 4.98 Å². The second-order valence-corrected chi connectivity index (χ2v) is 4.87. The van der Waals surface area contributed by atoms with Gasteiger partial charge in [-0.05, 0) is 63.4 Å². The highest BCUT2D eigenvalue weighted by atomic mass is 127. The summed E-state index contributed by atoms with van der Waals surface area (Å²) >= 11 is 4.61. The van der Waals surface area contributed by atoms with Crippen molar-refractivity contribution in [3.8, 4) is 0 Å². The van der Waals surface area contributed by atoms with Crippen molar-refractivity contribution in [2.45, 2.75) is 0 Å². The molecule has 0 aliphatic rings. The van der Waals surface area contributed by atoms with Crippen molar-refractivity contribution in [3.05, 3.63) is 37.6 Å². The summed E-state index contributed by atoms with van der Waals surface area (Å²) in [7, 11) is 0. The molecule has 60 valence electrons. The van der Waals surface area contributed by atoms with Gasteiger partial charge in [-0.25, -0.2) is 0 Å². The molecular weight excluding hydrogens is 376 g/mol. The summed E-state index contributed by atoms with van der Waals surface area (Å²) in [6.45, 7) is 0. The molecular formula is C9H5I2N. The number of pyridine rings is 1. The summed E-state index contributed by atoms with van der Waals surface area (Å²) in [6.07, 6.45) is 1.89. The predicted octanol–water partition coefficient (Wildman–Crippen LogP) is 3.44. The zero-order valence-corrected chi connectivity index (χ0v) is 10.4. The second-order valence-electron chi connectivity index (χ2n) is 2.46. The largest absolute Gasteiger partial charge is 0.255 e. The third-order valence-electron chi connectivity index (χ3n) is 1.64. The molecule has 2 aromatic rings. The number of benzene rings is 1. The molecule has 2 rings (SSSR count). The van der Waals surface area contributed by atoms with Crippen molar-refractivity contribution < 1.29 is 0 Å². The van der Waals surface area contributed by atoms with Gasteiger partial charge in [-0.1, -0.05) is 6.07 Å². The van der Waals surface area contributed by atoms with Crippen molar-refractivity contribution in [2.75, 3.05) is 0 Å². The predicted molar refractivity (Wildman–Crippen MR) is 67.2 cm³/mol. The maximum atomic E-state index is 4.33. The Balaban J connectivity index is 2.88. The van der Waals surface area contributed by atoms with E-state index in [-0.39, 0.29) is 0 Å². The molecule has 12 heavy (non-hydrogen) atoms. The molecule has 1 nitrogen and oxygen atoms in total. The lowest BCUT2D eigenvalue weighted by atomic mass is 10.2. The van der Waals surface area contributed by atoms with Gasteiger partial charge in [0.05, 0.1) is 5.52 Å². The zero-order valence-electron chi connectivity index (χ0n) is 6.09. The molecule has 0 amide bonds. The van der Waals surface area contributed by atoms with E-state index < -0.39 is 0 Å². The Kier molecular flexibility index (Phi) is 2.49. The summed E-state index contributed by atoms with van der Waals surface area (Å²) in [6, 6.07) is 8.32. The molecule has 0 aliphatic heterocycles. The van der Waals surface area contributed by atoms with Gasteiger partial charge >= 0.3 is 0 Å². The van der Waals surface area contributed by atoms with E-state index in [9.17, 15) is 0 Å². The number of hydrogen-bond donors (Lipinski definition) is 0. The van der Waals surface area contributed by atoms with Crippen molar-refractivity contribution in [3.63, 3.8) is 0 Å². The van der Waals surface area contributed by atoms with Crippen LogP contribution in [0.1, 0.15) is 0 Å². The average molecular weight is 381 g/mol. The van der Waals surface area contributed by atoms with E-state index in [0.29, 0.717) is 0 Å². The van der Waals surface area contributed by atoms with Gasteiger partial charge in [0, 0.05) is 18.7 Å². The normalized spacial score (nSPS) is 10.5. The van der Waals surface area contributed by atoms with Crippen LogP contribution in [-0.2, 0) is 0 Å². The molecule has 0 radical (unpaired) electrons. The van der Waals surface area contributed by atoms with Gasteiger partial charge in [-0.2, -0.15) is 0 Å². The summed E-state index contributed by atoms with van der Waals surface area (Å²) < 4.78 is 2.44. The van der Waals surface area contributed by atoms with Gasteiger partial charge in [0.1, 0.15) is 0 Å². The van der Waals surface area contributed by atoms with E-state index in [4.69, 9.17) is 0 Å². The van der Waals surface area contributed by atoms with E-state index in [1.807, 2.05) is 18.3 Å². The third-order valence-corrected chi connectivity index (χ3v) is 3.17. The van der Waals surface area contributed by atoms with Gasteiger partial charge in [0.2, 0.25) is 0 Å². The van der Waals surface area contributed by atoms with Crippen LogP contribution in [0.2, 0.25) is 0 Å². The Morgan fingerprint density at radius 1 is 1.17 bits per heavy atom. The third kappa shape index (κ3) is 1.56. The van der Waals surface area contributed by atoms with Crippen molar-refractivity contribution >= 4 is 56.1 Å². The first-order valence-corrected chi connectivity index (χ1v) is 5.63. The van der Waals surface area contributed by atoms with E-state index in [0.717, 1.165) is 5.52 Å². The summed E-state index contributed by atoms with van der Waals surface area (Å²) in [5.41, 5.74) is 1.07. The Morgan fingerprint density at radius 2 is 2.00 bits per heavy atom. The van der Waals surface area contributed by atoms with Crippen LogP contribution in [0.5, 0.6) is 0 Å². The van der Waals surface area contributed by atoms with Gasteiger partial charge < -0.3 is 0 Å². The Morgan fingerprint density at radius 3 is 2.83 bits per heavy atom. The lowest BCUT2D eigenvalue weighted by Gasteiger charge is -1.99. The number of hydrogen-bond acceptors (Lipinski definition) is 1. The van der Waals surface area contributed by atoms with E-state index in [1.54, 1.807) is 0 Å². The van der Waals surface area contributed by atoms with E-state index >= 15 is 0 Å². The van der Waals surface area contributed by atoms with Crippen LogP contribution in [0.3, 0.4) is 0 Å². The molecule has 1 aromatic carbocycles. The summed E-state index contributed by atoms with van der Waals surface area (Å²) in [5, 5.41) is 1.24. The molecule has 0 aliphatic carbocycles. The minimum atomic E-state index is 1.07. The molecule has 0 saturated heterocycles. The van der Waals surface area contributed by atoms with Crippen LogP contribution in [0, 0.1) is 7.14 Å². The van der Waals surface area contributed by atoms with Crippen LogP contribution in [0.15, 0.2) is 30.5 Å². The highest BCUT2D eigenvalue weighted by molar-refractivity contribution is 14.1. The topological polar surface area (TPSA) is 12.9 Å². The Hall–Kier alpha value is 0.0900. The van der Waals surface area contributed by atoms with E-state index in [1.165, 1.54) is 12.5 Å². The number of nitrogens with zero attached hydrogens (tertiary/aromatic N) is 1. The highest BCUT2D eigenvalue weighted by Gasteiger charge is 1.98. The smallest absolute Gasteiger partial charge is 0.0713 e. The molecule has 0 fully saturated rings. The fourth-order valence-electron chi connectivity index (χ4n) is 1.09. The van der Waals surface area contributed by atoms with Crippen LogP contribution in [0.25, 0.3) is 10.9 Å². The summed E-state index contributed by atoms with van der Waals surface area (Å²) in [5.74, 6) is 0. The Bertz CT molecular complexity index is 426. The summed E-state index contributed by atoms with van der Waals surface area (Å²) in [4.78, 5) is 4.33. The minimum absolute atomic E-state index is 1.07. The standard InChI is InChI=1S/C9H5I2N/c10-6-4-7-8(11)2-1-3-9(7)12-5-6/h1-5H. The molecule has 0 atom stereocenters. The number of rotatable bonds is 0. The van der Waals surface area contributed by atoms with E-state index in [2.05, 4.69) is 62.3 Å². The molecule has 1 heterocycles. The average Bonchev–Trinajstić information content (AvgIpc) is 2.07. The quantitative estimate of drug-likeness (QED) is 0.638. The first kappa shape index (κ1) is 8.68. The maximum Gasteiger partial charge on any atom is 0.0713 e. The van der Waals surface area contributed by atoms with Crippen LogP contribution in [0.4, 0.5) is 0 Å². The van der Waals surface area contributed by atoms with Crippen molar-refractivity contribution in [1.29, 1.82) is 0 Å². The lowest BCUT2D eigenvalue weighted by Crippen LogP contribution is -1.82. The first-order chi connectivity index (χ1) is 5.77. The molecule has 0 saturated carbocycles. The molecule has 3 heteroatoms. The number of aromatic nitrogens is 1. The molecule has 0 spiro atoms. The van der Waals surface area contributed by atoms with Crippen LogP contribution < -0.4 is 0 Å². The SMILES string of the molecule is Ic1cnc2cccc(I)c2c1. The fourth-order valence-corrected chi connectivity index (χ4v) is 2.18. The highest BCUT2D eigenvalue weighted by Crippen LogP contribution is 2.20. The second kappa shape index (κ2) is 3.45. The van der Waals surface area contributed by atoms with Gasteiger partial charge in [0.25, 0.3) is 0 Å². The van der Waals surface area contributed by atoms with Gasteiger partial charge in [-0.15, -0.1) is 0 Å². The van der Waals surface area contributed by atoms with Gasteiger partial charge in [-0.3, -0.25) is 4.98 Å². The molecule has 0 N–H and O–H groups in total. The monoisotopic (exact) mass is 381 g/mol. The van der Waals surface area contributed by atoms with Crippen molar-refractivity contribution in [1.82, 2.24) is 4.98 Å². The zero-order chi connectivity index (χ0) is 8.55. The lowest BCUT2D eigenvalue weighted by molar-refractivity contribution is 1.38. The van der Waals surface area contributed by atoms with Crippen LogP contribution >= 0.6 is 45.2 Å². The molecule has 0 unspecified atom stereocenters. The Labute approximate surface area is 97.9 Å². The fraction of sp³-hybridized carbons (Fsp3) is 0. The number of fused-ring (bicyclic) bond motifs is 1. The van der Waals surface area contributed by atoms with Gasteiger partial charge in [0.15, 0.2) is 0 Å².